The molecule has 10 nitrogen and oxygen atoms in total. The Kier molecular flexibility index (Phi) is 8.20. The second kappa shape index (κ2) is 12.3. The maximum absolute atomic E-state index is 13.8. The quantitative estimate of drug-likeness (QED) is 0.121. The summed E-state index contributed by atoms with van der Waals surface area (Å²) in [6, 6.07) is 12.1. The second-order valence-electron chi connectivity index (χ2n) is 15.3. The number of aryl methyl sites for hydroxylation is 4. The maximum atomic E-state index is 13.8. The van der Waals surface area contributed by atoms with E-state index in [-0.39, 0.29) is 42.2 Å². The van der Waals surface area contributed by atoms with Crippen LogP contribution in [0.25, 0.3) is 22.1 Å². The third-order valence-electron chi connectivity index (χ3n) is 12.4. The van der Waals surface area contributed by atoms with Crippen LogP contribution in [-0.4, -0.2) is 51.7 Å². The standard InChI is InChI=1S/C42H45BN4O6/c1-10-42-34-18-30-24(6)37-32(49)16-27(40(37)46-30)39-26(14-15-35(50)51-9)22(4)28(45-39)17-29-23(5)36(25(7)48)31(44-29)19-33(47-34)41(42,8)52-43(53-42)38-20(2)12-11-13-21(38)3/h11-13,17-19,22,26,44,46H,10,14-16H2,1-9H3/t22-,26-,41?,42?/m0/s1. The lowest BCUT2D eigenvalue weighted by molar-refractivity contribution is -0.140. The zero-order valence-corrected chi connectivity index (χ0v) is 31.9. The number of hydrogen-bond acceptors (Lipinski definition) is 8. The molecule has 3 aromatic heterocycles. The van der Waals surface area contributed by atoms with E-state index in [4.69, 9.17) is 24.0 Å². The number of nitrogens with one attached hydrogen (secondary N) is 2. The summed E-state index contributed by atoms with van der Waals surface area (Å²) in [6.07, 6.45) is 1.51. The minimum atomic E-state index is -1.03. The van der Waals surface area contributed by atoms with E-state index in [9.17, 15) is 14.4 Å². The number of H-pyrrole nitrogens is 2. The first kappa shape index (κ1) is 35.2. The average molecular weight is 713 g/mol. The topological polar surface area (TPSA) is 136 Å². The molecule has 8 bridgehead atoms. The van der Waals surface area contributed by atoms with Crippen molar-refractivity contribution in [2.24, 2.45) is 0 Å². The Bertz CT molecular complexity index is 2430. The Morgan fingerprint density at radius 3 is 2.36 bits per heavy atom. The van der Waals surface area contributed by atoms with Gasteiger partial charge in [0.2, 0.25) is 0 Å². The zero-order chi connectivity index (χ0) is 37.7. The number of Topliss-reactive ketones (excluding diaryl/α,β-unsaturated/α-hetero) is 2. The summed E-state index contributed by atoms with van der Waals surface area (Å²) in [7, 11) is 0.729. The van der Waals surface area contributed by atoms with Gasteiger partial charge in [0, 0.05) is 58.1 Å². The number of fused-ring (bicyclic) bond motifs is 11. The molecule has 2 N–H and O–H groups in total. The predicted octanol–water partition coefficient (Wildman–Crippen LogP) is 7.29. The van der Waals surface area contributed by atoms with E-state index in [1.165, 1.54) is 7.11 Å². The molecule has 8 rings (SSSR count). The molecule has 1 aromatic carbocycles. The molecule has 4 aromatic rings. The Morgan fingerprint density at radius 2 is 1.68 bits per heavy atom. The molecule has 272 valence electrons. The first-order chi connectivity index (χ1) is 25.2. The number of carbonyl (C=O) groups excluding carboxylic acids is 3. The minimum Gasteiger partial charge on any atom is -0.469 e. The number of rotatable bonds is 6. The SMILES string of the molecule is CCC12OB(c3c(C)cccc3C)OC1(C)c1cc3[nH]c(cc4nc(c5c6[nH]c(cc2n1)c(C)c6C(=O)C5)[C@@H](CCC(=O)OC)[C@@H]4C)c(C)c3C(C)=O. The van der Waals surface area contributed by atoms with Crippen LogP contribution in [0, 0.1) is 27.7 Å². The molecule has 3 aliphatic heterocycles. The van der Waals surface area contributed by atoms with Crippen molar-refractivity contribution in [3.8, 4) is 0 Å². The van der Waals surface area contributed by atoms with Gasteiger partial charge in [0.05, 0.1) is 35.2 Å². The third-order valence-corrected chi connectivity index (χ3v) is 12.4. The maximum Gasteiger partial charge on any atom is 0.496 e. The molecule has 1 aliphatic carbocycles. The Labute approximate surface area is 309 Å². The Hall–Kier alpha value is -4.87. The van der Waals surface area contributed by atoms with Gasteiger partial charge in [0.15, 0.2) is 11.6 Å². The van der Waals surface area contributed by atoms with Crippen LogP contribution in [0.3, 0.4) is 0 Å². The normalized spacial score (nSPS) is 23.1. The minimum absolute atomic E-state index is 0.0273. The number of benzene rings is 1. The van der Waals surface area contributed by atoms with Crippen molar-refractivity contribution in [2.75, 3.05) is 7.11 Å². The van der Waals surface area contributed by atoms with Crippen LogP contribution in [0.4, 0.5) is 0 Å². The van der Waals surface area contributed by atoms with Gasteiger partial charge in [-0.25, -0.2) is 0 Å². The van der Waals surface area contributed by atoms with Gasteiger partial charge >= 0.3 is 13.1 Å². The van der Waals surface area contributed by atoms with Crippen LogP contribution in [0.1, 0.15) is 130 Å². The second-order valence-corrected chi connectivity index (χ2v) is 15.3. The largest absolute Gasteiger partial charge is 0.496 e. The van der Waals surface area contributed by atoms with E-state index < -0.39 is 18.3 Å². The lowest BCUT2D eigenvalue weighted by atomic mass is 9.73. The summed E-state index contributed by atoms with van der Waals surface area (Å²) < 4.78 is 19.2. The van der Waals surface area contributed by atoms with Crippen molar-refractivity contribution in [1.82, 2.24) is 19.9 Å². The molecule has 2 unspecified atom stereocenters. The van der Waals surface area contributed by atoms with Crippen molar-refractivity contribution >= 4 is 52.2 Å². The van der Waals surface area contributed by atoms with Gasteiger partial charge < -0.3 is 24.0 Å². The van der Waals surface area contributed by atoms with Gasteiger partial charge in [0.25, 0.3) is 0 Å². The summed E-state index contributed by atoms with van der Waals surface area (Å²) in [5.74, 6) is -0.532. The molecule has 0 amide bonds. The van der Waals surface area contributed by atoms with Crippen molar-refractivity contribution in [3.05, 3.63) is 98.1 Å². The molecular formula is C42H45BN4O6. The number of nitrogens with zero attached hydrogens (tertiary/aromatic N) is 2. The number of carbonyl (C=O) groups is 3. The summed E-state index contributed by atoms with van der Waals surface area (Å²) in [6.45, 7) is 15.8. The fraction of sp³-hybridized carbons (Fsp3) is 0.405. The molecule has 53 heavy (non-hydrogen) atoms. The van der Waals surface area contributed by atoms with E-state index in [1.807, 2.05) is 45.0 Å². The lowest BCUT2D eigenvalue weighted by Gasteiger charge is -2.35. The van der Waals surface area contributed by atoms with Gasteiger partial charge in [-0.05, 0) is 89.2 Å². The molecule has 1 fully saturated rings. The number of hydrogen-bond donors (Lipinski definition) is 2. The first-order valence-corrected chi connectivity index (χ1v) is 18.5. The number of aromatic nitrogens is 4. The monoisotopic (exact) mass is 712 g/mol. The van der Waals surface area contributed by atoms with E-state index in [0.717, 1.165) is 61.2 Å². The highest BCUT2D eigenvalue weighted by atomic mass is 16.7. The molecule has 11 heteroatoms. The fourth-order valence-corrected chi connectivity index (χ4v) is 9.40. The van der Waals surface area contributed by atoms with E-state index in [2.05, 4.69) is 49.8 Å². The molecule has 0 radical (unpaired) electrons. The van der Waals surface area contributed by atoms with E-state index in [1.54, 1.807) is 6.92 Å². The van der Waals surface area contributed by atoms with Crippen molar-refractivity contribution in [1.29, 1.82) is 0 Å². The lowest BCUT2D eigenvalue weighted by Crippen LogP contribution is -2.40. The molecule has 4 aliphatic rings. The number of aromatic amines is 2. The van der Waals surface area contributed by atoms with Gasteiger partial charge in [-0.2, -0.15) is 0 Å². The summed E-state index contributed by atoms with van der Waals surface area (Å²) in [4.78, 5) is 57.2. The highest BCUT2D eigenvalue weighted by Crippen LogP contribution is 2.56. The average Bonchev–Trinajstić information content (AvgIpc) is 3.90. The number of esters is 1. The fourth-order valence-electron chi connectivity index (χ4n) is 9.40. The third kappa shape index (κ3) is 5.03. The summed E-state index contributed by atoms with van der Waals surface area (Å²) >= 11 is 0. The zero-order valence-electron chi connectivity index (χ0n) is 31.9. The number of ether oxygens (including phenoxy) is 1. The highest BCUT2D eigenvalue weighted by Gasteiger charge is 2.65. The Balaban J connectivity index is 1.47. The molecule has 6 heterocycles. The van der Waals surface area contributed by atoms with Crippen LogP contribution in [0.2, 0.25) is 0 Å². The van der Waals surface area contributed by atoms with Crippen LogP contribution in [-0.2, 0) is 36.5 Å². The highest BCUT2D eigenvalue weighted by molar-refractivity contribution is 6.63. The van der Waals surface area contributed by atoms with Crippen LogP contribution in [0.15, 0.2) is 36.4 Å². The van der Waals surface area contributed by atoms with Gasteiger partial charge in [-0.3, -0.25) is 24.4 Å². The molecule has 4 atom stereocenters. The van der Waals surface area contributed by atoms with Crippen molar-refractivity contribution in [2.45, 2.75) is 104 Å². The summed E-state index contributed by atoms with van der Waals surface area (Å²) in [5, 5.41) is 0. The van der Waals surface area contributed by atoms with E-state index in [0.29, 0.717) is 40.9 Å². The van der Waals surface area contributed by atoms with Crippen LogP contribution in [0.5, 0.6) is 0 Å². The molecular weight excluding hydrogens is 667 g/mol. The van der Waals surface area contributed by atoms with Crippen molar-refractivity contribution in [3.63, 3.8) is 0 Å². The number of ketones is 2. The first-order valence-electron chi connectivity index (χ1n) is 18.5. The summed E-state index contributed by atoms with van der Waals surface area (Å²) in [5.41, 5.74) is 10.6. The van der Waals surface area contributed by atoms with E-state index >= 15 is 0 Å². The van der Waals surface area contributed by atoms with Gasteiger partial charge in [0.1, 0.15) is 11.2 Å². The van der Waals surface area contributed by atoms with Crippen LogP contribution < -0.4 is 5.46 Å². The molecule has 0 saturated carbocycles. The number of methoxy groups -OCH3 is 1. The Morgan fingerprint density at radius 1 is 0.981 bits per heavy atom. The van der Waals surface area contributed by atoms with Gasteiger partial charge in [-0.15, -0.1) is 0 Å². The van der Waals surface area contributed by atoms with Crippen LogP contribution >= 0.6 is 0 Å². The molecule has 0 spiro atoms. The van der Waals surface area contributed by atoms with Crippen molar-refractivity contribution < 1.29 is 28.4 Å². The predicted molar refractivity (Wildman–Crippen MR) is 204 cm³/mol. The smallest absolute Gasteiger partial charge is 0.469 e. The van der Waals surface area contributed by atoms with Gasteiger partial charge in [-0.1, -0.05) is 43.2 Å². The molecule has 1 saturated heterocycles.